The Hall–Kier alpha value is -2.28. The molecular weight excluding hydrogens is 278 g/mol. The Bertz CT molecular complexity index is 558. The zero-order valence-electron chi connectivity index (χ0n) is 11.5. The summed E-state index contributed by atoms with van der Waals surface area (Å²) in [6.07, 6.45) is 1.06. The van der Waals surface area contributed by atoms with Gasteiger partial charge in [-0.25, -0.2) is 0 Å². The van der Waals surface area contributed by atoms with E-state index in [0.29, 0.717) is 24.9 Å². The molecular formula is C14H17NO6. The van der Waals surface area contributed by atoms with Gasteiger partial charge in [0.15, 0.2) is 11.5 Å². The van der Waals surface area contributed by atoms with E-state index < -0.39 is 24.0 Å². The zero-order chi connectivity index (χ0) is 15.6. The molecule has 1 saturated heterocycles. The molecule has 114 valence electrons. The summed E-state index contributed by atoms with van der Waals surface area (Å²) >= 11 is 0. The molecule has 1 aliphatic rings. The molecule has 7 heteroatoms. The first kappa shape index (κ1) is 15.1. The predicted molar refractivity (Wildman–Crippen MR) is 72.4 cm³/mol. The first-order chi connectivity index (χ1) is 9.95. The van der Waals surface area contributed by atoms with Crippen LogP contribution in [0.15, 0.2) is 18.2 Å². The van der Waals surface area contributed by atoms with Crippen LogP contribution in [0.3, 0.4) is 0 Å². The molecule has 3 N–H and O–H groups in total. The van der Waals surface area contributed by atoms with E-state index in [9.17, 15) is 24.9 Å². The van der Waals surface area contributed by atoms with Crippen molar-refractivity contribution in [3.05, 3.63) is 23.8 Å². The van der Waals surface area contributed by atoms with E-state index in [1.54, 1.807) is 0 Å². The van der Waals surface area contributed by atoms with Gasteiger partial charge in [-0.15, -0.1) is 0 Å². The Labute approximate surface area is 121 Å². The van der Waals surface area contributed by atoms with E-state index in [1.807, 2.05) is 0 Å². The van der Waals surface area contributed by atoms with Crippen molar-refractivity contribution < 1.29 is 29.6 Å². The molecule has 0 bridgehead atoms. The van der Waals surface area contributed by atoms with Crippen LogP contribution in [-0.4, -0.2) is 51.9 Å². The number of rotatable bonds is 5. The molecule has 0 aromatic heterocycles. The summed E-state index contributed by atoms with van der Waals surface area (Å²) in [5.74, 6) is -2.09. The molecule has 1 aromatic rings. The number of carboxylic acids is 2. The number of methoxy groups -OCH3 is 1. The van der Waals surface area contributed by atoms with Crippen LogP contribution in [-0.2, 0) is 9.59 Å². The fourth-order valence-corrected chi connectivity index (χ4v) is 2.70. The van der Waals surface area contributed by atoms with E-state index in [4.69, 9.17) is 4.74 Å². The number of aliphatic carboxylic acids is 2. The smallest absolute Gasteiger partial charge is 0.325 e. The van der Waals surface area contributed by atoms with Gasteiger partial charge in [0.1, 0.15) is 12.1 Å². The van der Waals surface area contributed by atoms with Crippen molar-refractivity contribution in [2.24, 2.45) is 0 Å². The summed E-state index contributed by atoms with van der Waals surface area (Å²) in [6.45, 7) is 0.400. The molecule has 1 fully saturated rings. The van der Waals surface area contributed by atoms with E-state index >= 15 is 0 Å². The van der Waals surface area contributed by atoms with Gasteiger partial charge in [-0.3, -0.25) is 14.5 Å². The van der Waals surface area contributed by atoms with Gasteiger partial charge in [0.05, 0.1) is 7.11 Å². The van der Waals surface area contributed by atoms with Crippen molar-refractivity contribution in [3.8, 4) is 11.5 Å². The number of hydrogen-bond acceptors (Lipinski definition) is 5. The van der Waals surface area contributed by atoms with E-state index in [0.717, 1.165) is 0 Å². The van der Waals surface area contributed by atoms with Crippen LogP contribution in [0.2, 0.25) is 0 Å². The van der Waals surface area contributed by atoms with Crippen molar-refractivity contribution in [2.75, 3.05) is 13.7 Å². The van der Waals surface area contributed by atoms with Crippen molar-refractivity contribution >= 4 is 11.9 Å². The van der Waals surface area contributed by atoms with Crippen molar-refractivity contribution in [3.63, 3.8) is 0 Å². The minimum Gasteiger partial charge on any atom is -0.504 e. The van der Waals surface area contributed by atoms with Gasteiger partial charge in [-0.05, 0) is 30.5 Å². The van der Waals surface area contributed by atoms with Crippen LogP contribution in [0.25, 0.3) is 0 Å². The summed E-state index contributed by atoms with van der Waals surface area (Å²) in [7, 11) is 1.37. The van der Waals surface area contributed by atoms with Crippen LogP contribution in [0.5, 0.6) is 11.5 Å². The molecule has 7 nitrogen and oxygen atoms in total. The van der Waals surface area contributed by atoms with Gasteiger partial charge < -0.3 is 20.1 Å². The highest BCUT2D eigenvalue weighted by atomic mass is 16.5. The van der Waals surface area contributed by atoms with Crippen LogP contribution in [0.4, 0.5) is 0 Å². The number of carbonyl (C=O) groups is 2. The lowest BCUT2D eigenvalue weighted by atomic mass is 10.0. The normalized spacial score (nSPS) is 20.1. The molecule has 0 amide bonds. The molecule has 2 rings (SSSR count). The Morgan fingerprint density at radius 2 is 2.10 bits per heavy atom. The van der Waals surface area contributed by atoms with Crippen molar-refractivity contribution in [1.82, 2.24) is 4.90 Å². The molecule has 1 heterocycles. The minimum atomic E-state index is -1.13. The standard InChI is InChI=1S/C14H17NO6/c1-21-11-7-8(4-5-10(11)16)12(14(19)20)15-6-2-3-9(15)13(17)18/h4-5,7,9,12,16H,2-3,6H2,1H3,(H,17,18)(H,19,20). The van der Waals surface area contributed by atoms with Crippen molar-refractivity contribution in [2.45, 2.75) is 24.9 Å². The topological polar surface area (TPSA) is 107 Å². The van der Waals surface area contributed by atoms with Crippen LogP contribution in [0.1, 0.15) is 24.4 Å². The van der Waals surface area contributed by atoms with E-state index in [1.165, 1.54) is 30.2 Å². The number of benzene rings is 1. The number of likely N-dealkylation sites (tertiary alicyclic amines) is 1. The molecule has 1 aromatic carbocycles. The van der Waals surface area contributed by atoms with Gasteiger partial charge in [0.2, 0.25) is 0 Å². The average Bonchev–Trinajstić information content (AvgIpc) is 2.89. The number of carboxylic acid groups (broad SMARTS) is 2. The lowest BCUT2D eigenvalue weighted by molar-refractivity contribution is -0.149. The van der Waals surface area contributed by atoms with E-state index in [-0.39, 0.29) is 11.5 Å². The zero-order valence-corrected chi connectivity index (χ0v) is 11.5. The second-order valence-corrected chi connectivity index (χ2v) is 4.91. The molecule has 0 aliphatic carbocycles. The monoisotopic (exact) mass is 295 g/mol. The van der Waals surface area contributed by atoms with Gasteiger partial charge in [0, 0.05) is 6.54 Å². The second kappa shape index (κ2) is 6.01. The molecule has 0 saturated carbocycles. The minimum absolute atomic E-state index is 0.0957. The molecule has 2 unspecified atom stereocenters. The summed E-state index contributed by atoms with van der Waals surface area (Å²) in [6, 6.07) is 2.34. The van der Waals surface area contributed by atoms with Gasteiger partial charge in [-0.2, -0.15) is 0 Å². The second-order valence-electron chi connectivity index (χ2n) is 4.91. The van der Waals surface area contributed by atoms with Crippen molar-refractivity contribution in [1.29, 1.82) is 0 Å². The SMILES string of the molecule is COc1cc(C(C(=O)O)N2CCCC2C(=O)O)ccc1O. The Morgan fingerprint density at radius 1 is 1.38 bits per heavy atom. The fourth-order valence-electron chi connectivity index (χ4n) is 2.70. The number of hydrogen-bond donors (Lipinski definition) is 3. The first-order valence-electron chi connectivity index (χ1n) is 6.54. The highest BCUT2D eigenvalue weighted by Crippen LogP contribution is 2.34. The summed E-state index contributed by atoms with van der Waals surface area (Å²) < 4.78 is 4.97. The summed E-state index contributed by atoms with van der Waals surface area (Å²) in [5, 5.41) is 28.3. The first-order valence-corrected chi connectivity index (χ1v) is 6.54. The van der Waals surface area contributed by atoms with Crippen LogP contribution < -0.4 is 4.74 Å². The Kier molecular flexibility index (Phi) is 4.32. The molecule has 1 aliphatic heterocycles. The maximum Gasteiger partial charge on any atom is 0.325 e. The van der Waals surface area contributed by atoms with E-state index in [2.05, 4.69) is 0 Å². The van der Waals surface area contributed by atoms with Crippen LogP contribution in [0, 0.1) is 0 Å². The molecule has 0 spiro atoms. The molecule has 21 heavy (non-hydrogen) atoms. The summed E-state index contributed by atoms with van der Waals surface area (Å²) in [5.41, 5.74) is 0.380. The third kappa shape index (κ3) is 2.92. The number of phenols is 1. The summed E-state index contributed by atoms with van der Waals surface area (Å²) in [4.78, 5) is 24.3. The predicted octanol–water partition coefficient (Wildman–Crippen LogP) is 1.08. The Balaban J connectivity index is 2.39. The lowest BCUT2D eigenvalue weighted by Crippen LogP contribution is -2.41. The maximum atomic E-state index is 11.6. The third-order valence-corrected chi connectivity index (χ3v) is 3.66. The van der Waals surface area contributed by atoms with Gasteiger partial charge in [-0.1, -0.05) is 6.07 Å². The largest absolute Gasteiger partial charge is 0.504 e. The average molecular weight is 295 g/mol. The quantitative estimate of drug-likeness (QED) is 0.746. The molecule has 2 atom stereocenters. The maximum absolute atomic E-state index is 11.6. The highest BCUT2D eigenvalue weighted by Gasteiger charge is 2.39. The number of nitrogens with zero attached hydrogens (tertiary/aromatic N) is 1. The number of ether oxygens (including phenoxy) is 1. The fraction of sp³-hybridized carbons (Fsp3) is 0.429. The lowest BCUT2D eigenvalue weighted by Gasteiger charge is -2.28. The third-order valence-electron chi connectivity index (χ3n) is 3.66. The van der Waals surface area contributed by atoms with Gasteiger partial charge in [0.25, 0.3) is 0 Å². The number of aromatic hydroxyl groups is 1. The van der Waals surface area contributed by atoms with Gasteiger partial charge >= 0.3 is 11.9 Å². The molecule has 0 radical (unpaired) electrons. The highest BCUT2D eigenvalue weighted by molar-refractivity contribution is 5.79. The number of phenolic OH excluding ortho intramolecular Hbond substituents is 1. The Morgan fingerprint density at radius 3 is 2.67 bits per heavy atom. The van der Waals surface area contributed by atoms with Crippen LogP contribution >= 0.6 is 0 Å².